The number of nitrogens with zero attached hydrogens (tertiary/aromatic N) is 1. The molecule has 0 heterocycles. The standard InChI is InChI=1S/C15H14ClNO3/c1-10-7-12(11(2)15(8-10)17(18)19)9-20-14-5-3-13(16)4-6-14/h3-8H,9H2,1-2H3. The molecule has 0 fully saturated rings. The third-order valence-electron chi connectivity index (χ3n) is 3.04. The molecule has 0 spiro atoms. The maximum absolute atomic E-state index is 11.0. The Morgan fingerprint density at radius 1 is 1.20 bits per heavy atom. The molecule has 0 atom stereocenters. The maximum Gasteiger partial charge on any atom is 0.272 e. The van der Waals surface area contributed by atoms with Gasteiger partial charge in [0.15, 0.2) is 0 Å². The van der Waals surface area contributed by atoms with E-state index >= 15 is 0 Å². The van der Waals surface area contributed by atoms with E-state index in [4.69, 9.17) is 16.3 Å². The van der Waals surface area contributed by atoms with E-state index < -0.39 is 0 Å². The van der Waals surface area contributed by atoms with Crippen molar-refractivity contribution in [3.8, 4) is 5.75 Å². The quantitative estimate of drug-likeness (QED) is 0.618. The lowest BCUT2D eigenvalue weighted by atomic mass is 10.0. The molecule has 0 aliphatic rings. The van der Waals surface area contributed by atoms with Crippen molar-refractivity contribution in [3.05, 3.63) is 68.2 Å². The van der Waals surface area contributed by atoms with Gasteiger partial charge in [-0.1, -0.05) is 17.7 Å². The highest BCUT2D eigenvalue weighted by atomic mass is 35.5. The van der Waals surface area contributed by atoms with Gasteiger partial charge in [0, 0.05) is 16.7 Å². The monoisotopic (exact) mass is 291 g/mol. The minimum absolute atomic E-state index is 0.125. The topological polar surface area (TPSA) is 52.4 Å². The first-order valence-corrected chi connectivity index (χ1v) is 6.48. The van der Waals surface area contributed by atoms with E-state index in [-0.39, 0.29) is 17.2 Å². The summed E-state index contributed by atoms with van der Waals surface area (Å²) >= 11 is 5.80. The summed E-state index contributed by atoms with van der Waals surface area (Å²) in [6.07, 6.45) is 0. The van der Waals surface area contributed by atoms with Gasteiger partial charge in [-0.25, -0.2) is 0 Å². The van der Waals surface area contributed by atoms with Gasteiger partial charge in [0.25, 0.3) is 5.69 Å². The van der Waals surface area contributed by atoms with Gasteiger partial charge in [-0.05, 0) is 49.2 Å². The Bertz CT molecular complexity index is 638. The molecule has 0 aliphatic carbocycles. The molecular weight excluding hydrogens is 278 g/mol. The smallest absolute Gasteiger partial charge is 0.272 e. The Morgan fingerprint density at radius 3 is 2.45 bits per heavy atom. The lowest BCUT2D eigenvalue weighted by Crippen LogP contribution is -2.02. The van der Waals surface area contributed by atoms with Crippen molar-refractivity contribution in [1.82, 2.24) is 0 Å². The summed E-state index contributed by atoms with van der Waals surface area (Å²) < 4.78 is 5.64. The second-order valence-electron chi connectivity index (χ2n) is 4.57. The number of aryl methyl sites for hydroxylation is 1. The summed E-state index contributed by atoms with van der Waals surface area (Å²) in [7, 11) is 0. The van der Waals surface area contributed by atoms with Gasteiger partial charge >= 0.3 is 0 Å². The molecule has 2 rings (SSSR count). The molecule has 104 valence electrons. The van der Waals surface area contributed by atoms with Gasteiger partial charge in [-0.2, -0.15) is 0 Å². The Kier molecular flexibility index (Phi) is 4.25. The minimum atomic E-state index is -0.367. The Balaban J connectivity index is 2.21. The summed E-state index contributed by atoms with van der Waals surface area (Å²) in [5.74, 6) is 0.679. The molecule has 4 nitrogen and oxygen atoms in total. The molecule has 0 saturated heterocycles. The van der Waals surface area contributed by atoms with Gasteiger partial charge in [-0.3, -0.25) is 10.1 Å². The number of benzene rings is 2. The number of hydrogen-bond donors (Lipinski definition) is 0. The predicted octanol–water partition coefficient (Wildman–Crippen LogP) is 4.44. The van der Waals surface area contributed by atoms with Crippen LogP contribution >= 0.6 is 11.6 Å². The molecule has 0 unspecified atom stereocenters. The molecule has 20 heavy (non-hydrogen) atoms. The van der Waals surface area contributed by atoms with Gasteiger partial charge < -0.3 is 4.74 Å². The van der Waals surface area contributed by atoms with Crippen molar-refractivity contribution < 1.29 is 9.66 Å². The van der Waals surface area contributed by atoms with E-state index in [1.54, 1.807) is 37.3 Å². The van der Waals surface area contributed by atoms with Gasteiger partial charge in [0.1, 0.15) is 12.4 Å². The molecule has 2 aromatic rings. The number of hydrogen-bond acceptors (Lipinski definition) is 3. The van der Waals surface area contributed by atoms with Crippen LogP contribution < -0.4 is 4.74 Å². The van der Waals surface area contributed by atoms with Crippen LogP contribution in [0.3, 0.4) is 0 Å². The fraction of sp³-hybridized carbons (Fsp3) is 0.200. The molecule has 0 bridgehead atoms. The average molecular weight is 292 g/mol. The van der Waals surface area contributed by atoms with E-state index in [1.165, 1.54) is 0 Å². The van der Waals surface area contributed by atoms with Gasteiger partial charge in [0.2, 0.25) is 0 Å². The van der Waals surface area contributed by atoms with Crippen molar-refractivity contribution in [2.45, 2.75) is 20.5 Å². The third-order valence-corrected chi connectivity index (χ3v) is 3.29. The van der Waals surface area contributed by atoms with Crippen LogP contribution in [0.5, 0.6) is 5.75 Å². The molecule has 2 aromatic carbocycles. The molecule has 0 aromatic heterocycles. The number of nitro benzene ring substituents is 1. The predicted molar refractivity (Wildman–Crippen MR) is 78.4 cm³/mol. The summed E-state index contributed by atoms with van der Waals surface area (Å²) in [6.45, 7) is 3.85. The molecule has 0 aliphatic heterocycles. The van der Waals surface area contributed by atoms with Crippen LogP contribution in [0, 0.1) is 24.0 Å². The minimum Gasteiger partial charge on any atom is -0.489 e. The summed E-state index contributed by atoms with van der Waals surface area (Å²) in [4.78, 5) is 10.6. The SMILES string of the molecule is Cc1cc(COc2ccc(Cl)cc2)c(C)c([N+](=O)[O-])c1. The van der Waals surface area contributed by atoms with Gasteiger partial charge in [0.05, 0.1) is 4.92 Å². The molecule has 0 radical (unpaired) electrons. The van der Waals surface area contributed by atoms with Crippen LogP contribution in [0.1, 0.15) is 16.7 Å². The second kappa shape index (κ2) is 5.92. The van der Waals surface area contributed by atoms with Crippen LogP contribution in [-0.4, -0.2) is 4.92 Å². The second-order valence-corrected chi connectivity index (χ2v) is 5.00. The normalized spacial score (nSPS) is 10.3. The van der Waals surface area contributed by atoms with E-state index in [1.807, 2.05) is 13.0 Å². The van der Waals surface area contributed by atoms with Crippen LogP contribution in [0.4, 0.5) is 5.69 Å². The lowest BCUT2D eigenvalue weighted by molar-refractivity contribution is -0.385. The number of halogens is 1. The van der Waals surface area contributed by atoms with E-state index in [0.29, 0.717) is 16.3 Å². The van der Waals surface area contributed by atoms with E-state index in [9.17, 15) is 10.1 Å². The molecule has 0 amide bonds. The first kappa shape index (κ1) is 14.3. The van der Waals surface area contributed by atoms with Crippen molar-refractivity contribution >= 4 is 17.3 Å². The zero-order valence-corrected chi connectivity index (χ0v) is 12.0. The summed E-state index contributed by atoms with van der Waals surface area (Å²) in [6, 6.07) is 10.5. The van der Waals surface area contributed by atoms with Crippen molar-refractivity contribution in [2.75, 3.05) is 0 Å². The van der Waals surface area contributed by atoms with Crippen LogP contribution in [0.2, 0.25) is 5.02 Å². The average Bonchev–Trinajstić information content (AvgIpc) is 2.41. The molecule has 5 heteroatoms. The molecule has 0 N–H and O–H groups in total. The van der Waals surface area contributed by atoms with Gasteiger partial charge in [-0.15, -0.1) is 0 Å². The Hall–Kier alpha value is -2.07. The fourth-order valence-electron chi connectivity index (χ4n) is 1.94. The summed E-state index contributed by atoms with van der Waals surface area (Å²) in [5, 5.41) is 11.6. The highest BCUT2D eigenvalue weighted by Gasteiger charge is 2.15. The number of nitro groups is 1. The Labute approximate surface area is 122 Å². The molecule has 0 saturated carbocycles. The zero-order chi connectivity index (χ0) is 14.7. The maximum atomic E-state index is 11.0. The Morgan fingerprint density at radius 2 is 1.85 bits per heavy atom. The number of rotatable bonds is 4. The van der Waals surface area contributed by atoms with Crippen molar-refractivity contribution in [2.24, 2.45) is 0 Å². The largest absolute Gasteiger partial charge is 0.489 e. The first-order valence-electron chi connectivity index (χ1n) is 6.10. The highest BCUT2D eigenvalue weighted by Crippen LogP contribution is 2.25. The lowest BCUT2D eigenvalue weighted by Gasteiger charge is -2.10. The zero-order valence-electron chi connectivity index (χ0n) is 11.2. The molecular formula is C15H14ClNO3. The van der Waals surface area contributed by atoms with Crippen LogP contribution in [-0.2, 0) is 6.61 Å². The summed E-state index contributed by atoms with van der Waals surface area (Å²) in [5.41, 5.74) is 2.41. The van der Waals surface area contributed by atoms with Crippen LogP contribution in [0.15, 0.2) is 36.4 Å². The number of ether oxygens (including phenoxy) is 1. The first-order chi connectivity index (χ1) is 9.47. The van der Waals surface area contributed by atoms with E-state index in [2.05, 4.69) is 0 Å². The van der Waals surface area contributed by atoms with Crippen molar-refractivity contribution in [3.63, 3.8) is 0 Å². The highest BCUT2D eigenvalue weighted by molar-refractivity contribution is 6.30. The van der Waals surface area contributed by atoms with E-state index in [0.717, 1.165) is 11.1 Å². The third kappa shape index (κ3) is 3.27. The van der Waals surface area contributed by atoms with Crippen molar-refractivity contribution in [1.29, 1.82) is 0 Å². The fourth-order valence-corrected chi connectivity index (χ4v) is 2.07. The van der Waals surface area contributed by atoms with Crippen LogP contribution in [0.25, 0.3) is 0 Å².